The highest BCUT2D eigenvalue weighted by molar-refractivity contribution is 5.59. The predicted octanol–water partition coefficient (Wildman–Crippen LogP) is 1.01. The Kier molecular flexibility index (Phi) is 10.1. The summed E-state index contributed by atoms with van der Waals surface area (Å²) in [5.74, 6) is 0. The lowest BCUT2D eigenvalue weighted by atomic mass is 10.1. The van der Waals surface area contributed by atoms with Gasteiger partial charge < -0.3 is 14.6 Å². The number of carbonyl (C=O) groups is 1. The lowest BCUT2D eigenvalue weighted by Crippen LogP contribution is -2.41. The van der Waals surface area contributed by atoms with Crippen molar-refractivity contribution in [2.45, 2.75) is 31.5 Å². The number of aliphatic hydroxyl groups is 1. The highest BCUT2D eigenvalue weighted by Crippen LogP contribution is 1.99. The van der Waals surface area contributed by atoms with Gasteiger partial charge in [-0.05, 0) is 19.3 Å². The maximum absolute atomic E-state index is 10.7. The van der Waals surface area contributed by atoms with Crippen LogP contribution in [-0.2, 0) is 9.53 Å². The Morgan fingerprint density at radius 3 is 2.82 bits per heavy atom. The van der Waals surface area contributed by atoms with E-state index in [1.807, 2.05) is 0 Å². The van der Waals surface area contributed by atoms with E-state index in [4.69, 9.17) is 4.74 Å². The fourth-order valence-corrected chi connectivity index (χ4v) is 1.22. The van der Waals surface area contributed by atoms with E-state index in [2.05, 4.69) is 23.5 Å². The smallest absolute Gasteiger partial charge is 0.139 e. The zero-order valence-corrected chi connectivity index (χ0v) is 9.92. The van der Waals surface area contributed by atoms with Crippen molar-refractivity contribution < 1.29 is 14.6 Å². The van der Waals surface area contributed by atoms with E-state index in [1.54, 1.807) is 6.21 Å². The van der Waals surface area contributed by atoms with Gasteiger partial charge in [0.05, 0.1) is 12.3 Å². The molecule has 0 fully saturated rings. The summed E-state index contributed by atoms with van der Waals surface area (Å²) >= 11 is 0. The number of aliphatic imine (C=N–C) groups is 1. The van der Waals surface area contributed by atoms with Crippen LogP contribution in [0, 0.1) is 0 Å². The van der Waals surface area contributed by atoms with Crippen molar-refractivity contribution in [3.63, 3.8) is 0 Å². The molecule has 0 aliphatic carbocycles. The molecule has 2 atom stereocenters. The second kappa shape index (κ2) is 11.0. The van der Waals surface area contributed by atoms with Crippen LogP contribution in [0.15, 0.2) is 30.6 Å². The second-order valence-corrected chi connectivity index (χ2v) is 3.37. The summed E-state index contributed by atoms with van der Waals surface area (Å²) in [6.07, 6.45) is 6.58. The third kappa shape index (κ3) is 9.47. The first kappa shape index (κ1) is 15.5. The quantitative estimate of drug-likeness (QED) is 0.186. The van der Waals surface area contributed by atoms with E-state index in [-0.39, 0.29) is 12.6 Å². The van der Waals surface area contributed by atoms with E-state index in [1.165, 1.54) is 12.5 Å². The van der Waals surface area contributed by atoms with Gasteiger partial charge in [-0.15, -0.1) is 0 Å². The van der Waals surface area contributed by atoms with E-state index in [9.17, 15) is 9.90 Å². The molecule has 5 nitrogen and oxygen atoms in total. The minimum Gasteiger partial charge on any atom is -0.498 e. The number of nitrogens with one attached hydrogen (secondary N) is 1. The van der Waals surface area contributed by atoms with E-state index in [0.29, 0.717) is 6.42 Å². The molecule has 0 heterocycles. The molecule has 0 bridgehead atoms. The number of hydrogen-bond donors (Lipinski definition) is 2. The minimum absolute atomic E-state index is 0.0752. The molecule has 5 heteroatoms. The molecular weight excluding hydrogens is 220 g/mol. The highest BCUT2D eigenvalue weighted by Gasteiger charge is 2.11. The normalized spacial score (nSPS) is 14.2. The third-order valence-corrected chi connectivity index (χ3v) is 2.00. The Morgan fingerprint density at radius 2 is 2.24 bits per heavy atom. The van der Waals surface area contributed by atoms with Gasteiger partial charge in [-0.2, -0.15) is 0 Å². The van der Waals surface area contributed by atoms with Crippen LogP contribution in [0.2, 0.25) is 0 Å². The van der Waals surface area contributed by atoms with Crippen LogP contribution in [-0.4, -0.2) is 36.5 Å². The van der Waals surface area contributed by atoms with E-state index < -0.39 is 6.23 Å². The second-order valence-electron chi connectivity index (χ2n) is 3.37. The van der Waals surface area contributed by atoms with Gasteiger partial charge >= 0.3 is 0 Å². The van der Waals surface area contributed by atoms with Crippen molar-refractivity contribution in [1.82, 2.24) is 5.32 Å². The Morgan fingerprint density at radius 1 is 1.47 bits per heavy atom. The van der Waals surface area contributed by atoms with E-state index in [0.717, 1.165) is 19.1 Å². The Bertz CT molecular complexity index is 254. The molecule has 0 saturated heterocycles. The van der Waals surface area contributed by atoms with Crippen molar-refractivity contribution in [2.75, 3.05) is 6.61 Å². The molecule has 0 aromatic carbocycles. The number of aliphatic hydroxyl groups excluding tert-OH is 1. The first-order valence-electron chi connectivity index (χ1n) is 5.49. The number of nitrogens with zero attached hydrogens (tertiary/aromatic N) is 1. The zero-order valence-electron chi connectivity index (χ0n) is 9.92. The summed E-state index contributed by atoms with van der Waals surface area (Å²) < 4.78 is 4.80. The van der Waals surface area contributed by atoms with Gasteiger partial charge in [-0.25, -0.2) is 0 Å². The maximum atomic E-state index is 10.7. The number of rotatable bonds is 11. The van der Waals surface area contributed by atoms with Gasteiger partial charge in [0.15, 0.2) is 0 Å². The average Bonchev–Trinajstić information content (AvgIpc) is 2.34. The third-order valence-electron chi connectivity index (χ3n) is 2.00. The first-order valence-corrected chi connectivity index (χ1v) is 5.49. The molecule has 1 unspecified atom stereocenters. The van der Waals surface area contributed by atoms with Gasteiger partial charge in [0.1, 0.15) is 19.1 Å². The van der Waals surface area contributed by atoms with Crippen molar-refractivity contribution in [1.29, 1.82) is 0 Å². The molecule has 0 aromatic rings. The van der Waals surface area contributed by atoms with Crippen molar-refractivity contribution >= 4 is 12.5 Å². The van der Waals surface area contributed by atoms with Gasteiger partial charge in [0.2, 0.25) is 0 Å². The van der Waals surface area contributed by atoms with Crippen LogP contribution in [0.5, 0.6) is 0 Å². The molecule has 17 heavy (non-hydrogen) atoms. The molecule has 96 valence electrons. The fourth-order valence-electron chi connectivity index (χ4n) is 1.22. The van der Waals surface area contributed by atoms with Crippen LogP contribution < -0.4 is 5.32 Å². The molecule has 0 aromatic heterocycles. The topological polar surface area (TPSA) is 70.9 Å². The number of carbonyl (C=O) groups excluding carboxylic acids is 1. The summed E-state index contributed by atoms with van der Waals surface area (Å²) in [4.78, 5) is 14.6. The molecule has 0 amide bonds. The molecule has 0 radical (unpaired) electrons. The molecule has 0 spiro atoms. The number of unbranched alkanes of at least 4 members (excludes halogenated alkanes) is 1. The molecular formula is C12H20N2O3. The van der Waals surface area contributed by atoms with Crippen LogP contribution in [0.4, 0.5) is 0 Å². The number of ether oxygens (including phenoxy) is 1. The SMILES string of the molecule is C=CN=CCCC[C@@H](C=O)NC(O)COC=C. The lowest BCUT2D eigenvalue weighted by Gasteiger charge is -2.17. The lowest BCUT2D eigenvalue weighted by molar-refractivity contribution is -0.110. The summed E-state index contributed by atoms with van der Waals surface area (Å²) in [7, 11) is 0. The predicted molar refractivity (Wildman–Crippen MR) is 67.7 cm³/mol. The monoisotopic (exact) mass is 240 g/mol. The Balaban J connectivity index is 3.74. The molecule has 0 rings (SSSR count). The van der Waals surface area contributed by atoms with Gasteiger partial charge in [-0.1, -0.05) is 13.2 Å². The minimum atomic E-state index is -0.870. The Labute approximate surface area is 102 Å². The number of aldehydes is 1. The molecule has 0 aliphatic rings. The van der Waals surface area contributed by atoms with Crippen LogP contribution in [0.1, 0.15) is 19.3 Å². The standard InChI is InChI=1S/C12H20N2O3/c1-3-13-8-6-5-7-11(9-15)14-12(16)10-17-4-2/h3-4,8-9,11-12,14,16H,1-2,5-7,10H2/t11-,12?/m0/s1. The fraction of sp³-hybridized carbons (Fsp3) is 0.500. The summed E-state index contributed by atoms with van der Waals surface area (Å²) in [5, 5.41) is 12.2. The van der Waals surface area contributed by atoms with Crippen LogP contribution in [0.3, 0.4) is 0 Å². The molecule has 0 aliphatic heterocycles. The van der Waals surface area contributed by atoms with Gasteiger partial charge in [0.25, 0.3) is 0 Å². The Hall–Kier alpha value is -1.46. The largest absolute Gasteiger partial charge is 0.498 e. The van der Waals surface area contributed by atoms with Crippen LogP contribution in [0.25, 0.3) is 0 Å². The van der Waals surface area contributed by atoms with Gasteiger partial charge in [-0.3, -0.25) is 10.3 Å². The van der Waals surface area contributed by atoms with E-state index >= 15 is 0 Å². The van der Waals surface area contributed by atoms with Gasteiger partial charge in [0, 0.05) is 12.4 Å². The number of hydrogen-bond acceptors (Lipinski definition) is 5. The molecule has 0 saturated carbocycles. The summed E-state index contributed by atoms with van der Waals surface area (Å²) in [6.45, 7) is 6.89. The van der Waals surface area contributed by atoms with Crippen molar-refractivity contribution in [3.05, 3.63) is 25.6 Å². The first-order chi connectivity index (χ1) is 8.24. The van der Waals surface area contributed by atoms with Crippen LogP contribution >= 0.6 is 0 Å². The maximum Gasteiger partial charge on any atom is 0.139 e. The summed E-state index contributed by atoms with van der Waals surface area (Å²) in [6, 6.07) is -0.379. The highest BCUT2D eigenvalue weighted by atomic mass is 16.5. The summed E-state index contributed by atoms with van der Waals surface area (Å²) in [5.41, 5.74) is 0. The molecule has 2 N–H and O–H groups in total. The van der Waals surface area contributed by atoms with Crippen molar-refractivity contribution in [3.8, 4) is 0 Å². The zero-order chi connectivity index (χ0) is 12.9. The van der Waals surface area contributed by atoms with Crippen molar-refractivity contribution in [2.24, 2.45) is 4.99 Å². The average molecular weight is 240 g/mol.